The second kappa shape index (κ2) is 7.53. The number of methoxy groups -OCH3 is 1. The molecule has 0 radical (unpaired) electrons. The number of carbonyl (C=O) groups is 2. The zero-order chi connectivity index (χ0) is 16.9. The third-order valence-electron chi connectivity index (χ3n) is 3.83. The molecule has 5 heteroatoms. The highest BCUT2D eigenvalue weighted by Crippen LogP contribution is 2.31. The van der Waals surface area contributed by atoms with Crippen molar-refractivity contribution in [1.82, 2.24) is 0 Å². The quantitative estimate of drug-likeness (QED) is 0.610. The van der Waals surface area contributed by atoms with Crippen LogP contribution in [0.5, 0.6) is 5.75 Å². The van der Waals surface area contributed by atoms with Gasteiger partial charge in [-0.2, -0.15) is 0 Å². The molecule has 0 aliphatic heterocycles. The maximum absolute atomic E-state index is 12.4. The van der Waals surface area contributed by atoms with Crippen LogP contribution in [0.3, 0.4) is 0 Å². The Hall–Kier alpha value is -2.27. The highest BCUT2D eigenvalue weighted by Gasteiger charge is 2.29. The molecule has 1 N–H and O–H groups in total. The van der Waals surface area contributed by atoms with Gasteiger partial charge in [-0.3, -0.25) is 9.59 Å². The van der Waals surface area contributed by atoms with Crippen LogP contribution in [-0.2, 0) is 4.79 Å². The second-order valence-electron chi connectivity index (χ2n) is 5.70. The number of hydrogen-bond acceptors (Lipinski definition) is 4. The highest BCUT2D eigenvalue weighted by molar-refractivity contribution is 8.00. The van der Waals surface area contributed by atoms with E-state index in [1.165, 1.54) is 11.8 Å². The lowest BCUT2D eigenvalue weighted by atomic mass is 10.1. The molecule has 1 saturated carbocycles. The summed E-state index contributed by atoms with van der Waals surface area (Å²) in [6.45, 7) is 0. The number of amides is 1. The molecule has 0 bridgehead atoms. The van der Waals surface area contributed by atoms with Crippen LogP contribution in [0.15, 0.2) is 53.4 Å². The first-order valence-electron chi connectivity index (χ1n) is 7.87. The van der Waals surface area contributed by atoms with Crippen LogP contribution < -0.4 is 10.1 Å². The summed E-state index contributed by atoms with van der Waals surface area (Å²) in [7, 11) is 1.56. The zero-order valence-corrected chi connectivity index (χ0v) is 14.3. The van der Waals surface area contributed by atoms with E-state index in [1.54, 1.807) is 19.2 Å². The summed E-state index contributed by atoms with van der Waals surface area (Å²) in [4.78, 5) is 25.2. The Kier molecular flexibility index (Phi) is 5.20. The number of rotatable bonds is 7. The molecule has 124 valence electrons. The van der Waals surface area contributed by atoms with Crippen molar-refractivity contribution in [2.75, 3.05) is 18.2 Å². The van der Waals surface area contributed by atoms with Gasteiger partial charge >= 0.3 is 0 Å². The molecule has 0 unspecified atom stereocenters. The Balaban J connectivity index is 1.61. The van der Waals surface area contributed by atoms with E-state index >= 15 is 0 Å². The summed E-state index contributed by atoms with van der Waals surface area (Å²) in [5, 5.41) is 2.92. The number of carbonyl (C=O) groups excluding carboxylic acids is 2. The van der Waals surface area contributed by atoms with Gasteiger partial charge in [-0.25, -0.2) is 0 Å². The van der Waals surface area contributed by atoms with Gasteiger partial charge in [0.15, 0.2) is 5.78 Å². The number of para-hydroxylation sites is 1. The van der Waals surface area contributed by atoms with Gasteiger partial charge < -0.3 is 10.1 Å². The average Bonchev–Trinajstić information content (AvgIpc) is 3.45. The maximum atomic E-state index is 12.4. The molecule has 24 heavy (non-hydrogen) atoms. The van der Waals surface area contributed by atoms with Crippen LogP contribution in [0.2, 0.25) is 0 Å². The Labute approximate surface area is 145 Å². The third-order valence-corrected chi connectivity index (χ3v) is 4.82. The SMILES string of the molecule is COc1ccccc1C(=O)CSc1cccc(NC(=O)C2CC2)c1. The molecule has 2 aromatic rings. The number of hydrogen-bond donors (Lipinski definition) is 1. The van der Waals surface area contributed by atoms with E-state index in [2.05, 4.69) is 5.32 Å². The minimum Gasteiger partial charge on any atom is -0.496 e. The number of nitrogens with one attached hydrogen (secondary N) is 1. The van der Waals surface area contributed by atoms with Crippen LogP contribution >= 0.6 is 11.8 Å². The fraction of sp³-hybridized carbons (Fsp3) is 0.263. The highest BCUT2D eigenvalue weighted by atomic mass is 32.2. The first kappa shape index (κ1) is 16.6. The predicted molar refractivity (Wildman–Crippen MR) is 95.8 cm³/mol. The van der Waals surface area contributed by atoms with Crippen LogP contribution in [-0.4, -0.2) is 24.6 Å². The first-order valence-corrected chi connectivity index (χ1v) is 8.86. The molecule has 2 aromatic carbocycles. The van der Waals surface area contributed by atoms with Gasteiger partial charge in [0.05, 0.1) is 18.4 Å². The fourth-order valence-electron chi connectivity index (χ4n) is 2.36. The number of ether oxygens (including phenoxy) is 1. The van der Waals surface area contributed by atoms with E-state index in [0.29, 0.717) is 17.1 Å². The normalized spacial score (nSPS) is 13.4. The van der Waals surface area contributed by atoms with Crippen molar-refractivity contribution < 1.29 is 14.3 Å². The molecule has 1 aliphatic rings. The Morgan fingerprint density at radius 3 is 2.71 bits per heavy atom. The molecule has 0 atom stereocenters. The van der Waals surface area contributed by atoms with Crippen molar-refractivity contribution in [3.05, 3.63) is 54.1 Å². The van der Waals surface area contributed by atoms with Crippen molar-refractivity contribution in [2.45, 2.75) is 17.7 Å². The lowest BCUT2D eigenvalue weighted by Gasteiger charge is -2.08. The molecular weight excluding hydrogens is 322 g/mol. The minimum atomic E-state index is 0.0184. The van der Waals surface area contributed by atoms with Gasteiger partial charge in [-0.05, 0) is 43.2 Å². The van der Waals surface area contributed by atoms with E-state index < -0.39 is 0 Å². The Morgan fingerprint density at radius 1 is 1.17 bits per heavy atom. The van der Waals surface area contributed by atoms with Crippen molar-refractivity contribution >= 4 is 29.1 Å². The summed E-state index contributed by atoms with van der Waals surface area (Å²) in [6, 6.07) is 14.8. The van der Waals surface area contributed by atoms with E-state index in [9.17, 15) is 9.59 Å². The van der Waals surface area contributed by atoms with Crippen molar-refractivity contribution in [2.24, 2.45) is 5.92 Å². The largest absolute Gasteiger partial charge is 0.496 e. The summed E-state index contributed by atoms with van der Waals surface area (Å²) in [5.74, 6) is 1.19. The summed E-state index contributed by atoms with van der Waals surface area (Å²) < 4.78 is 5.23. The number of anilines is 1. The zero-order valence-electron chi connectivity index (χ0n) is 13.5. The van der Waals surface area contributed by atoms with Gasteiger partial charge in [-0.1, -0.05) is 18.2 Å². The summed E-state index contributed by atoms with van der Waals surface area (Å²) >= 11 is 1.45. The Bertz CT molecular complexity index is 756. The predicted octanol–water partition coefficient (Wildman–Crippen LogP) is 4.02. The monoisotopic (exact) mass is 341 g/mol. The van der Waals surface area contributed by atoms with Gasteiger partial charge in [-0.15, -0.1) is 11.8 Å². The van der Waals surface area contributed by atoms with E-state index in [0.717, 1.165) is 23.4 Å². The molecule has 4 nitrogen and oxygen atoms in total. The lowest BCUT2D eigenvalue weighted by Crippen LogP contribution is -2.13. The third kappa shape index (κ3) is 4.17. The molecule has 3 rings (SSSR count). The van der Waals surface area contributed by atoms with Crippen LogP contribution in [0.25, 0.3) is 0 Å². The molecule has 0 aromatic heterocycles. The van der Waals surface area contributed by atoms with Crippen LogP contribution in [0.1, 0.15) is 23.2 Å². The van der Waals surface area contributed by atoms with E-state index in [1.807, 2.05) is 36.4 Å². The molecule has 1 amide bonds. The van der Waals surface area contributed by atoms with Gasteiger partial charge in [0.25, 0.3) is 0 Å². The average molecular weight is 341 g/mol. The van der Waals surface area contributed by atoms with Gasteiger partial charge in [0.2, 0.25) is 5.91 Å². The lowest BCUT2D eigenvalue weighted by molar-refractivity contribution is -0.117. The number of ketones is 1. The first-order chi connectivity index (χ1) is 11.7. The fourth-order valence-corrected chi connectivity index (χ4v) is 3.19. The number of benzene rings is 2. The smallest absolute Gasteiger partial charge is 0.227 e. The standard InChI is InChI=1S/C19H19NO3S/c1-23-18-8-3-2-7-16(18)17(21)12-24-15-6-4-5-14(11-15)20-19(22)13-9-10-13/h2-8,11,13H,9-10,12H2,1H3,(H,20,22). The van der Waals surface area contributed by atoms with Gasteiger partial charge in [0.1, 0.15) is 5.75 Å². The molecule has 0 saturated heterocycles. The van der Waals surface area contributed by atoms with Crippen LogP contribution in [0.4, 0.5) is 5.69 Å². The molecule has 1 aliphatic carbocycles. The summed E-state index contributed by atoms with van der Waals surface area (Å²) in [6.07, 6.45) is 1.96. The van der Waals surface area contributed by atoms with Crippen LogP contribution in [0, 0.1) is 5.92 Å². The van der Waals surface area contributed by atoms with E-state index in [4.69, 9.17) is 4.74 Å². The molecule has 1 fully saturated rings. The Morgan fingerprint density at radius 2 is 1.96 bits per heavy atom. The molecule has 0 heterocycles. The minimum absolute atomic E-state index is 0.0184. The molecule has 0 spiro atoms. The molecular formula is C19H19NO3S. The maximum Gasteiger partial charge on any atom is 0.227 e. The summed E-state index contributed by atoms with van der Waals surface area (Å²) in [5.41, 5.74) is 1.37. The van der Waals surface area contributed by atoms with Crippen molar-refractivity contribution in [3.8, 4) is 5.75 Å². The number of thioether (sulfide) groups is 1. The van der Waals surface area contributed by atoms with Crippen molar-refractivity contribution in [1.29, 1.82) is 0 Å². The van der Waals surface area contributed by atoms with Crippen molar-refractivity contribution in [3.63, 3.8) is 0 Å². The topological polar surface area (TPSA) is 55.4 Å². The number of Topliss-reactive ketones (excluding diaryl/α,β-unsaturated/α-hetero) is 1. The van der Waals surface area contributed by atoms with E-state index in [-0.39, 0.29) is 17.6 Å². The second-order valence-corrected chi connectivity index (χ2v) is 6.75. The van der Waals surface area contributed by atoms with Gasteiger partial charge in [0, 0.05) is 16.5 Å².